The smallest absolute Gasteiger partial charge is 0.462 e. The summed E-state index contributed by atoms with van der Waals surface area (Å²) in [4.78, 5) is 36.5. The van der Waals surface area contributed by atoms with Gasteiger partial charge in [0, 0.05) is 31.1 Å². The summed E-state index contributed by atoms with van der Waals surface area (Å²) >= 11 is 0. The minimum absolute atomic E-state index is 0.00651. The quantitative estimate of drug-likeness (QED) is 0.0227. The van der Waals surface area contributed by atoms with E-state index in [0.29, 0.717) is 44.9 Å². The number of esters is 2. The maximum atomic E-state index is 13.6. The molecule has 9 N–H and O–H groups in total. The van der Waals surface area contributed by atoms with Gasteiger partial charge in [-0.25, -0.2) is 4.57 Å². The lowest BCUT2D eigenvalue weighted by Gasteiger charge is -2.37. The minimum Gasteiger partial charge on any atom is -0.462 e. The Balaban J connectivity index is 2.14. The molecular formula is C49H87O16P. The SMILES string of the molecule is CCCCC/C=C\C/C=C\CCCCCCCCCC(=O)O[C@@H]1COC(=O)CCCCCC[C@@H]2[C@@H](O)[C@H](O)[C@@H](O)[C@H](OP(=O)(O)OC1)[C@H](O)[C@H](O)[C@@H](/C=C/[C@@H](O)CCCCC)[C@H](O)C[C@@H]2O. The van der Waals surface area contributed by atoms with Crippen molar-refractivity contribution in [1.82, 2.24) is 0 Å². The third kappa shape index (κ3) is 25.0. The van der Waals surface area contributed by atoms with E-state index in [2.05, 4.69) is 31.2 Å². The molecule has 0 aromatic heterocycles. The Bertz CT molecular complexity index is 1430. The first kappa shape index (κ1) is 60.1. The fourth-order valence-electron chi connectivity index (χ4n) is 8.41. The van der Waals surface area contributed by atoms with E-state index < -0.39 is 112 Å². The summed E-state index contributed by atoms with van der Waals surface area (Å²) in [5.41, 5.74) is 0. The van der Waals surface area contributed by atoms with Crippen LogP contribution in [0, 0.1) is 11.8 Å². The summed E-state index contributed by atoms with van der Waals surface area (Å²) in [6, 6.07) is 0. The molecule has 0 radical (unpaired) electrons. The van der Waals surface area contributed by atoms with Gasteiger partial charge in [0.15, 0.2) is 6.10 Å². The fourth-order valence-corrected chi connectivity index (χ4v) is 9.38. The third-order valence-electron chi connectivity index (χ3n) is 12.5. The van der Waals surface area contributed by atoms with Crippen molar-refractivity contribution in [3.05, 3.63) is 36.5 Å². The first-order chi connectivity index (χ1) is 31.6. The molecule has 1 unspecified atom stereocenters. The van der Waals surface area contributed by atoms with E-state index in [1.165, 1.54) is 31.4 Å². The summed E-state index contributed by atoms with van der Waals surface area (Å²) in [5.74, 6) is -3.90. The molecule has 0 spiro atoms. The maximum Gasteiger partial charge on any atom is 0.472 e. The Morgan fingerprint density at radius 2 is 1.33 bits per heavy atom. The summed E-state index contributed by atoms with van der Waals surface area (Å²) in [6.07, 6.45) is 10.5. The van der Waals surface area contributed by atoms with Crippen LogP contribution in [0.5, 0.6) is 0 Å². The molecule has 17 heteroatoms. The molecule has 1 heterocycles. The van der Waals surface area contributed by atoms with Crippen LogP contribution < -0.4 is 0 Å². The van der Waals surface area contributed by atoms with Gasteiger partial charge >= 0.3 is 19.8 Å². The van der Waals surface area contributed by atoms with Crippen molar-refractivity contribution >= 4 is 19.8 Å². The van der Waals surface area contributed by atoms with Crippen LogP contribution in [0.2, 0.25) is 0 Å². The second kappa shape index (κ2) is 35.1. The van der Waals surface area contributed by atoms with Crippen molar-refractivity contribution in [3.63, 3.8) is 0 Å². The molecule has 13 atom stereocenters. The number of carbonyl (C=O) groups is 2. The topological polar surface area (TPSA) is 270 Å². The Labute approximate surface area is 394 Å². The lowest BCUT2D eigenvalue weighted by molar-refractivity contribution is -0.167. The van der Waals surface area contributed by atoms with Gasteiger partial charge in [-0.1, -0.05) is 134 Å². The summed E-state index contributed by atoms with van der Waals surface area (Å²) in [6.45, 7) is 2.83. The molecule has 0 aromatic carbocycles. The van der Waals surface area contributed by atoms with Crippen molar-refractivity contribution in [2.45, 2.75) is 235 Å². The zero-order valence-corrected chi connectivity index (χ0v) is 40.7. The number of carbonyl (C=O) groups excluding carboxylic acids is 2. The molecule has 2 aliphatic rings. The maximum absolute atomic E-state index is 13.6. The molecular weight excluding hydrogens is 875 g/mol. The van der Waals surface area contributed by atoms with Gasteiger partial charge in [-0.2, -0.15) is 0 Å². The van der Waals surface area contributed by atoms with Crippen molar-refractivity contribution in [1.29, 1.82) is 0 Å². The summed E-state index contributed by atoms with van der Waals surface area (Å²) in [5, 5.41) is 90.3. The van der Waals surface area contributed by atoms with Crippen LogP contribution in [0.4, 0.5) is 0 Å². The van der Waals surface area contributed by atoms with Gasteiger partial charge in [-0.3, -0.25) is 18.6 Å². The number of cyclic esters (lactones) is 1. The molecule has 1 aliphatic heterocycles. The molecule has 0 aromatic rings. The standard InChI is InChI=1S/C49H87O16P/c1-3-5-7-8-9-10-11-12-13-14-15-16-17-18-19-20-26-30-43(54)64-37-34-62-42(53)29-25-22-21-24-28-38-40(51)33-41(52)39(32-31-36(50)27-23-6-4-2)45(56)47(58)49(48(59)46(57)44(38)55)65-66(60,61)63-35-37/h9-10,12-13,31-32,36-41,44-52,55-59H,3-8,11,14-30,33-35H2,1-2H3,(H,60,61)/b10-9-,13-12-,32-31+/t36-,37+,38-,39-,40-,41+,44+,45+,46-,47+,48+,49+/m0/s1. The monoisotopic (exact) mass is 963 g/mol. The predicted octanol–water partition coefficient (Wildman–Crippen LogP) is 6.55. The number of hydrogen-bond donors (Lipinski definition) is 9. The van der Waals surface area contributed by atoms with Crippen LogP contribution in [-0.2, 0) is 32.7 Å². The Morgan fingerprint density at radius 1 is 0.727 bits per heavy atom. The van der Waals surface area contributed by atoms with Gasteiger partial charge < -0.3 is 55.2 Å². The second-order valence-electron chi connectivity index (χ2n) is 18.3. The van der Waals surface area contributed by atoms with Gasteiger partial charge in [-0.05, 0) is 57.8 Å². The average Bonchev–Trinajstić information content (AvgIpc) is 3.28. The fraction of sp³-hybridized carbons (Fsp3) is 0.837. The van der Waals surface area contributed by atoms with Gasteiger partial charge in [0.2, 0.25) is 0 Å². The lowest BCUT2D eigenvalue weighted by Crippen LogP contribution is -2.55. The molecule has 16 nitrogen and oxygen atoms in total. The molecule has 384 valence electrons. The number of hydrogen-bond acceptors (Lipinski definition) is 15. The minimum atomic E-state index is -5.43. The molecule has 2 rings (SSSR count). The van der Waals surface area contributed by atoms with Crippen LogP contribution in [0.25, 0.3) is 0 Å². The molecule has 0 amide bonds. The molecule has 1 aliphatic carbocycles. The van der Waals surface area contributed by atoms with Crippen LogP contribution in [0.3, 0.4) is 0 Å². The number of aliphatic hydroxyl groups is 8. The highest BCUT2D eigenvalue weighted by Gasteiger charge is 2.49. The third-order valence-corrected chi connectivity index (χ3v) is 13.5. The number of unbranched alkanes of at least 4 members (excludes halogenated alkanes) is 12. The molecule has 66 heavy (non-hydrogen) atoms. The van der Waals surface area contributed by atoms with Crippen molar-refractivity contribution < 1.29 is 78.4 Å². The van der Waals surface area contributed by atoms with Gasteiger partial charge in [-0.15, -0.1) is 0 Å². The Hall–Kier alpha value is -2.05. The highest BCUT2D eigenvalue weighted by Crippen LogP contribution is 2.47. The largest absolute Gasteiger partial charge is 0.472 e. The lowest BCUT2D eigenvalue weighted by atomic mass is 9.82. The number of phosphoric acid groups is 1. The molecule has 1 saturated heterocycles. The Morgan fingerprint density at radius 3 is 2.02 bits per heavy atom. The van der Waals surface area contributed by atoms with Gasteiger partial charge in [0.25, 0.3) is 0 Å². The zero-order chi connectivity index (χ0) is 48.7. The normalized spacial score (nSPS) is 32.2. The van der Waals surface area contributed by atoms with E-state index in [0.717, 1.165) is 70.6 Å². The van der Waals surface area contributed by atoms with Crippen LogP contribution >= 0.6 is 7.82 Å². The Kier molecular flexibility index (Phi) is 32.0. The first-order valence-electron chi connectivity index (χ1n) is 25.0. The highest BCUT2D eigenvalue weighted by molar-refractivity contribution is 7.47. The van der Waals surface area contributed by atoms with Crippen molar-refractivity contribution in [2.24, 2.45) is 11.8 Å². The van der Waals surface area contributed by atoms with E-state index >= 15 is 0 Å². The second-order valence-corrected chi connectivity index (χ2v) is 19.7. The molecule has 1 saturated carbocycles. The van der Waals surface area contributed by atoms with Gasteiger partial charge in [0.05, 0.1) is 37.1 Å². The number of rotatable bonds is 23. The van der Waals surface area contributed by atoms with Crippen LogP contribution in [0.1, 0.15) is 174 Å². The van der Waals surface area contributed by atoms with E-state index in [1.807, 2.05) is 6.92 Å². The average molecular weight is 963 g/mol. The first-order valence-corrected chi connectivity index (χ1v) is 26.5. The number of aliphatic hydroxyl groups excluding tert-OH is 8. The summed E-state index contributed by atoms with van der Waals surface area (Å²) in [7, 11) is -5.43. The number of fused-ring (bicyclic) bond motifs is 4. The van der Waals surface area contributed by atoms with E-state index in [9.17, 15) is 59.9 Å². The molecule has 2 bridgehead atoms. The van der Waals surface area contributed by atoms with Crippen LogP contribution in [0.15, 0.2) is 36.5 Å². The van der Waals surface area contributed by atoms with E-state index in [-0.39, 0.29) is 19.3 Å². The number of ether oxygens (including phenoxy) is 2. The van der Waals surface area contributed by atoms with Gasteiger partial charge in [0.1, 0.15) is 31.0 Å². The molecule has 2 fully saturated rings. The number of phosphoric ester groups is 1. The van der Waals surface area contributed by atoms with Crippen molar-refractivity contribution in [3.8, 4) is 0 Å². The zero-order valence-electron chi connectivity index (χ0n) is 39.8. The van der Waals surface area contributed by atoms with E-state index in [1.54, 1.807) is 0 Å². The number of allylic oxidation sites excluding steroid dienone is 4. The van der Waals surface area contributed by atoms with Crippen LogP contribution in [-0.4, -0.2) is 132 Å². The predicted molar refractivity (Wildman–Crippen MR) is 251 cm³/mol. The highest BCUT2D eigenvalue weighted by atomic mass is 31.2. The summed E-state index contributed by atoms with van der Waals surface area (Å²) < 4.78 is 34.8. The van der Waals surface area contributed by atoms with E-state index in [4.69, 9.17) is 18.5 Å². The van der Waals surface area contributed by atoms with Crippen molar-refractivity contribution in [2.75, 3.05) is 13.2 Å².